The number of ether oxygens (including phenoxy) is 1. The summed E-state index contributed by atoms with van der Waals surface area (Å²) >= 11 is 0. The number of carbonyl (C=O) groups excluding carboxylic acids is 1. The van der Waals surface area contributed by atoms with E-state index in [9.17, 15) is 9.18 Å². The number of halogens is 1. The van der Waals surface area contributed by atoms with E-state index in [0.717, 1.165) is 11.3 Å². The Kier molecular flexibility index (Phi) is 5.79. The molecule has 0 N–H and O–H groups in total. The van der Waals surface area contributed by atoms with Crippen LogP contribution in [-0.4, -0.2) is 36.3 Å². The molecular formula is C23H21FN2O4. The number of oxime groups is 1. The monoisotopic (exact) mass is 408 g/mol. The van der Waals surface area contributed by atoms with E-state index in [2.05, 4.69) is 5.16 Å². The van der Waals surface area contributed by atoms with Crippen molar-refractivity contribution in [1.82, 2.24) is 4.90 Å². The normalized spacial score (nSPS) is 15.4. The van der Waals surface area contributed by atoms with Crippen molar-refractivity contribution in [3.63, 3.8) is 0 Å². The van der Waals surface area contributed by atoms with Gasteiger partial charge in [0.1, 0.15) is 11.6 Å². The van der Waals surface area contributed by atoms with Gasteiger partial charge in [0.25, 0.3) is 5.91 Å². The molecule has 0 bridgehead atoms. The maximum Gasteiger partial charge on any atom is 0.289 e. The average molecular weight is 408 g/mol. The largest absolute Gasteiger partial charge is 0.496 e. The van der Waals surface area contributed by atoms with Crippen molar-refractivity contribution in [2.45, 2.75) is 19.1 Å². The second kappa shape index (κ2) is 8.82. The van der Waals surface area contributed by atoms with E-state index in [1.807, 2.05) is 24.3 Å². The number of para-hydroxylation sites is 1. The molecule has 1 aromatic heterocycles. The number of rotatable bonds is 7. The number of nitrogens with zero attached hydrogens (tertiary/aromatic N) is 2. The van der Waals surface area contributed by atoms with Crippen LogP contribution in [0.3, 0.4) is 0 Å². The SMILES string of the molecule is COc1ccccc1C1=NOC(CN(Cc2ccccc2F)C(=O)c2ccco2)C1. The minimum Gasteiger partial charge on any atom is -0.496 e. The molecule has 0 radical (unpaired) electrons. The number of amides is 1. The first kappa shape index (κ1) is 19.7. The first-order valence-corrected chi connectivity index (χ1v) is 9.58. The molecular weight excluding hydrogens is 387 g/mol. The molecule has 1 atom stereocenters. The van der Waals surface area contributed by atoms with E-state index in [1.165, 1.54) is 17.2 Å². The summed E-state index contributed by atoms with van der Waals surface area (Å²) in [4.78, 5) is 20.1. The Morgan fingerprint density at radius 2 is 1.97 bits per heavy atom. The fourth-order valence-electron chi connectivity index (χ4n) is 3.42. The fourth-order valence-corrected chi connectivity index (χ4v) is 3.42. The average Bonchev–Trinajstić information content (AvgIpc) is 3.46. The van der Waals surface area contributed by atoms with Crippen molar-refractivity contribution < 1.29 is 23.2 Å². The van der Waals surface area contributed by atoms with Gasteiger partial charge in [0.15, 0.2) is 11.9 Å². The number of furan rings is 1. The summed E-state index contributed by atoms with van der Waals surface area (Å²) in [6.07, 6.45) is 1.57. The zero-order chi connectivity index (χ0) is 20.9. The van der Waals surface area contributed by atoms with Gasteiger partial charge < -0.3 is 18.9 Å². The molecule has 0 fully saturated rings. The molecule has 4 rings (SSSR count). The van der Waals surface area contributed by atoms with Crippen LogP contribution in [0.2, 0.25) is 0 Å². The number of methoxy groups -OCH3 is 1. The molecule has 30 heavy (non-hydrogen) atoms. The Morgan fingerprint density at radius 1 is 1.17 bits per heavy atom. The van der Waals surface area contributed by atoms with E-state index in [0.29, 0.717) is 17.7 Å². The summed E-state index contributed by atoms with van der Waals surface area (Å²) in [6, 6.07) is 17.2. The third-order valence-corrected chi connectivity index (χ3v) is 4.91. The lowest BCUT2D eigenvalue weighted by molar-refractivity contribution is 0.0385. The van der Waals surface area contributed by atoms with Crippen molar-refractivity contribution in [3.05, 3.63) is 89.6 Å². The molecule has 1 aliphatic heterocycles. The predicted molar refractivity (Wildman–Crippen MR) is 109 cm³/mol. The summed E-state index contributed by atoms with van der Waals surface area (Å²) < 4.78 is 24.9. The van der Waals surface area contributed by atoms with Crippen LogP contribution in [0.5, 0.6) is 5.75 Å². The van der Waals surface area contributed by atoms with E-state index >= 15 is 0 Å². The van der Waals surface area contributed by atoms with E-state index < -0.39 is 0 Å². The molecule has 3 aromatic rings. The smallest absolute Gasteiger partial charge is 0.289 e. The summed E-state index contributed by atoms with van der Waals surface area (Å²) in [5.41, 5.74) is 2.01. The summed E-state index contributed by atoms with van der Waals surface area (Å²) in [6.45, 7) is 0.325. The molecule has 154 valence electrons. The molecule has 2 aromatic carbocycles. The van der Waals surface area contributed by atoms with Gasteiger partial charge in [-0.1, -0.05) is 35.5 Å². The zero-order valence-corrected chi connectivity index (χ0v) is 16.5. The van der Waals surface area contributed by atoms with Crippen LogP contribution in [0, 0.1) is 5.82 Å². The van der Waals surface area contributed by atoms with Gasteiger partial charge in [0.05, 0.1) is 25.6 Å². The predicted octanol–water partition coefficient (Wildman–Crippen LogP) is 4.26. The molecule has 7 heteroatoms. The lowest BCUT2D eigenvalue weighted by Gasteiger charge is -2.24. The lowest BCUT2D eigenvalue weighted by atomic mass is 10.0. The molecule has 6 nitrogen and oxygen atoms in total. The summed E-state index contributed by atoms with van der Waals surface area (Å²) in [5, 5.41) is 4.20. The van der Waals surface area contributed by atoms with Crippen LogP contribution in [-0.2, 0) is 11.4 Å². The highest BCUT2D eigenvalue weighted by atomic mass is 19.1. The first-order valence-electron chi connectivity index (χ1n) is 9.58. The topological polar surface area (TPSA) is 64.3 Å². The molecule has 0 aliphatic carbocycles. The number of hydrogen-bond donors (Lipinski definition) is 0. The van der Waals surface area contributed by atoms with Crippen LogP contribution in [0.1, 0.15) is 28.1 Å². The Bertz CT molecular complexity index is 1050. The van der Waals surface area contributed by atoms with Crippen molar-refractivity contribution in [2.75, 3.05) is 13.7 Å². The van der Waals surface area contributed by atoms with E-state index in [-0.39, 0.29) is 36.7 Å². The second-order valence-electron chi connectivity index (χ2n) is 6.92. The highest BCUT2D eigenvalue weighted by Crippen LogP contribution is 2.25. The van der Waals surface area contributed by atoms with Gasteiger partial charge in [-0.3, -0.25) is 4.79 Å². The van der Waals surface area contributed by atoms with Gasteiger partial charge in [-0.25, -0.2) is 4.39 Å². The van der Waals surface area contributed by atoms with Crippen LogP contribution < -0.4 is 4.74 Å². The lowest BCUT2D eigenvalue weighted by Crippen LogP contribution is -2.37. The minimum absolute atomic E-state index is 0.0933. The maximum atomic E-state index is 14.2. The second-order valence-corrected chi connectivity index (χ2v) is 6.92. The van der Waals surface area contributed by atoms with Crippen LogP contribution in [0.25, 0.3) is 0 Å². The summed E-state index contributed by atoms with van der Waals surface area (Å²) in [5.74, 6) is 0.191. The van der Waals surface area contributed by atoms with Gasteiger partial charge in [0, 0.05) is 24.1 Å². The standard InChI is InChI=1S/C23H21FN2O4/c1-28-21-10-5-3-8-18(21)20-13-17(30-25-20)15-26(23(27)22-11-6-12-29-22)14-16-7-2-4-9-19(16)24/h2-12,17H,13-15H2,1H3. The van der Waals surface area contributed by atoms with E-state index in [4.69, 9.17) is 14.0 Å². The quantitative estimate of drug-likeness (QED) is 0.586. The minimum atomic E-state index is -0.368. The summed E-state index contributed by atoms with van der Waals surface area (Å²) in [7, 11) is 1.60. The fraction of sp³-hybridized carbons (Fsp3) is 0.217. The number of benzene rings is 2. The van der Waals surface area contributed by atoms with Crippen molar-refractivity contribution in [3.8, 4) is 5.75 Å². The molecule has 0 saturated heterocycles. The van der Waals surface area contributed by atoms with Crippen molar-refractivity contribution in [2.24, 2.45) is 5.16 Å². The Morgan fingerprint density at radius 3 is 2.73 bits per heavy atom. The van der Waals surface area contributed by atoms with Gasteiger partial charge in [0.2, 0.25) is 0 Å². The van der Waals surface area contributed by atoms with Gasteiger partial charge >= 0.3 is 0 Å². The zero-order valence-electron chi connectivity index (χ0n) is 16.5. The first-order chi connectivity index (χ1) is 14.7. The molecule has 2 heterocycles. The van der Waals surface area contributed by atoms with Crippen LogP contribution in [0.4, 0.5) is 4.39 Å². The molecule has 1 aliphatic rings. The third-order valence-electron chi connectivity index (χ3n) is 4.91. The Balaban J connectivity index is 1.51. The van der Waals surface area contributed by atoms with Crippen LogP contribution in [0.15, 0.2) is 76.5 Å². The molecule has 1 unspecified atom stereocenters. The molecule has 0 spiro atoms. The maximum absolute atomic E-state index is 14.2. The molecule has 0 saturated carbocycles. The highest BCUT2D eigenvalue weighted by Gasteiger charge is 2.29. The number of carbonyl (C=O) groups is 1. The van der Waals surface area contributed by atoms with Gasteiger partial charge in [-0.05, 0) is 30.3 Å². The van der Waals surface area contributed by atoms with Gasteiger partial charge in [-0.15, -0.1) is 0 Å². The van der Waals surface area contributed by atoms with Gasteiger partial charge in [-0.2, -0.15) is 0 Å². The molecule has 1 amide bonds. The third kappa shape index (κ3) is 4.20. The van der Waals surface area contributed by atoms with Crippen LogP contribution >= 0.6 is 0 Å². The highest BCUT2D eigenvalue weighted by molar-refractivity contribution is 6.03. The number of hydrogen-bond acceptors (Lipinski definition) is 5. The Labute approximate surface area is 173 Å². The Hall–Kier alpha value is -3.61. The van der Waals surface area contributed by atoms with Crippen molar-refractivity contribution in [1.29, 1.82) is 0 Å². The van der Waals surface area contributed by atoms with Crippen molar-refractivity contribution >= 4 is 11.6 Å². The van der Waals surface area contributed by atoms with E-state index in [1.54, 1.807) is 37.4 Å².